The molecule has 1 aromatic carbocycles. The lowest BCUT2D eigenvalue weighted by Crippen LogP contribution is -2.12. The summed E-state index contributed by atoms with van der Waals surface area (Å²) in [4.78, 5) is 0. The van der Waals surface area contributed by atoms with E-state index in [1.54, 1.807) is 7.05 Å². The SMILES string of the molecule is C#C.C/C(CCCl)=N/N(C)c1ccc(C(F)(F)F)cc1. The number of alkyl halides is 4. The van der Waals surface area contributed by atoms with Crippen molar-refractivity contribution >= 4 is 23.0 Å². The Morgan fingerprint density at radius 2 is 1.75 bits per heavy atom. The molecule has 20 heavy (non-hydrogen) atoms. The van der Waals surface area contributed by atoms with Crippen LogP contribution in [0.3, 0.4) is 0 Å². The average molecular weight is 305 g/mol. The van der Waals surface area contributed by atoms with Crippen molar-refractivity contribution in [2.45, 2.75) is 19.5 Å². The van der Waals surface area contributed by atoms with Gasteiger partial charge < -0.3 is 0 Å². The molecule has 0 saturated heterocycles. The van der Waals surface area contributed by atoms with Crippen LogP contribution in [0.5, 0.6) is 0 Å². The number of benzene rings is 1. The van der Waals surface area contributed by atoms with Gasteiger partial charge in [-0.15, -0.1) is 24.4 Å². The molecule has 0 atom stereocenters. The molecule has 110 valence electrons. The molecule has 0 bridgehead atoms. The number of terminal acetylenes is 1. The normalized spacial score (nSPS) is 11.5. The molecular formula is C14H16ClF3N2. The van der Waals surface area contributed by atoms with E-state index in [-0.39, 0.29) is 0 Å². The predicted octanol–water partition coefficient (Wildman–Crippen LogP) is 4.40. The highest BCUT2D eigenvalue weighted by molar-refractivity contribution is 6.19. The zero-order valence-electron chi connectivity index (χ0n) is 11.3. The zero-order chi connectivity index (χ0) is 15.8. The van der Waals surface area contributed by atoms with Crippen molar-refractivity contribution in [3.63, 3.8) is 0 Å². The average Bonchev–Trinajstić information content (AvgIpc) is 2.40. The van der Waals surface area contributed by atoms with Crippen LogP contribution in [0, 0.1) is 12.8 Å². The van der Waals surface area contributed by atoms with Gasteiger partial charge in [0.15, 0.2) is 0 Å². The fourth-order valence-electron chi connectivity index (χ4n) is 1.37. The first kappa shape index (κ1) is 18.3. The Morgan fingerprint density at radius 1 is 1.25 bits per heavy atom. The Morgan fingerprint density at radius 3 is 2.15 bits per heavy atom. The number of hydrazone groups is 1. The van der Waals surface area contributed by atoms with E-state index in [2.05, 4.69) is 17.9 Å². The van der Waals surface area contributed by atoms with Crippen LogP contribution in [0.2, 0.25) is 0 Å². The maximum Gasteiger partial charge on any atom is 0.416 e. The third-order valence-corrected chi connectivity index (χ3v) is 2.53. The lowest BCUT2D eigenvalue weighted by Gasteiger charge is -2.15. The monoisotopic (exact) mass is 304 g/mol. The molecule has 0 radical (unpaired) electrons. The Labute approximate surface area is 122 Å². The van der Waals surface area contributed by atoms with Gasteiger partial charge in [-0.3, -0.25) is 5.01 Å². The van der Waals surface area contributed by atoms with Gasteiger partial charge in [-0.05, 0) is 31.2 Å². The topological polar surface area (TPSA) is 15.6 Å². The van der Waals surface area contributed by atoms with E-state index in [0.717, 1.165) is 17.8 Å². The fourth-order valence-corrected chi connectivity index (χ4v) is 1.64. The van der Waals surface area contributed by atoms with E-state index >= 15 is 0 Å². The van der Waals surface area contributed by atoms with Gasteiger partial charge in [0.05, 0.1) is 11.3 Å². The second kappa shape index (κ2) is 8.49. The van der Waals surface area contributed by atoms with Gasteiger partial charge in [0, 0.05) is 25.1 Å². The van der Waals surface area contributed by atoms with Gasteiger partial charge in [-0.25, -0.2) is 0 Å². The molecule has 0 amide bonds. The molecule has 0 unspecified atom stereocenters. The highest BCUT2D eigenvalue weighted by Gasteiger charge is 2.30. The summed E-state index contributed by atoms with van der Waals surface area (Å²) in [6, 6.07) is 4.86. The van der Waals surface area contributed by atoms with Gasteiger partial charge in [0.2, 0.25) is 0 Å². The maximum absolute atomic E-state index is 12.4. The van der Waals surface area contributed by atoms with Crippen molar-refractivity contribution in [3.8, 4) is 12.8 Å². The predicted molar refractivity (Wildman–Crippen MR) is 78.2 cm³/mol. The minimum Gasteiger partial charge on any atom is -0.269 e. The van der Waals surface area contributed by atoms with Crippen LogP contribution < -0.4 is 5.01 Å². The molecule has 2 nitrogen and oxygen atoms in total. The summed E-state index contributed by atoms with van der Waals surface area (Å²) in [5.41, 5.74) is 0.755. The van der Waals surface area contributed by atoms with Crippen molar-refractivity contribution in [2.75, 3.05) is 17.9 Å². The number of halogens is 4. The summed E-state index contributed by atoms with van der Waals surface area (Å²) in [7, 11) is 1.68. The van der Waals surface area contributed by atoms with E-state index in [0.29, 0.717) is 18.0 Å². The van der Waals surface area contributed by atoms with E-state index < -0.39 is 11.7 Å². The third-order valence-electron chi connectivity index (χ3n) is 2.35. The van der Waals surface area contributed by atoms with Crippen LogP contribution in [-0.4, -0.2) is 18.6 Å². The summed E-state index contributed by atoms with van der Waals surface area (Å²) in [5.74, 6) is 0.468. The third kappa shape index (κ3) is 5.98. The summed E-state index contributed by atoms with van der Waals surface area (Å²) >= 11 is 5.57. The van der Waals surface area contributed by atoms with E-state index in [1.807, 2.05) is 6.92 Å². The second-order valence-corrected chi connectivity index (χ2v) is 4.22. The van der Waals surface area contributed by atoms with Crippen LogP contribution in [0.1, 0.15) is 18.9 Å². The van der Waals surface area contributed by atoms with Crippen molar-refractivity contribution in [2.24, 2.45) is 5.10 Å². The lowest BCUT2D eigenvalue weighted by molar-refractivity contribution is -0.137. The van der Waals surface area contributed by atoms with Crippen LogP contribution in [-0.2, 0) is 6.18 Å². The molecule has 6 heteroatoms. The van der Waals surface area contributed by atoms with Crippen LogP contribution in [0.4, 0.5) is 18.9 Å². The van der Waals surface area contributed by atoms with Gasteiger partial charge in [-0.2, -0.15) is 18.3 Å². The number of anilines is 1. The number of rotatable bonds is 4. The van der Waals surface area contributed by atoms with Crippen molar-refractivity contribution < 1.29 is 13.2 Å². The zero-order valence-corrected chi connectivity index (χ0v) is 12.0. The molecule has 0 saturated carbocycles. The van der Waals surface area contributed by atoms with E-state index in [1.165, 1.54) is 17.1 Å². The Hall–Kier alpha value is -1.67. The molecule has 0 N–H and O–H groups in total. The molecule has 1 rings (SSSR count). The molecule has 1 aromatic rings. The van der Waals surface area contributed by atoms with Crippen molar-refractivity contribution in [1.82, 2.24) is 0 Å². The summed E-state index contributed by atoms with van der Waals surface area (Å²) in [6.07, 6.45) is 4.33. The van der Waals surface area contributed by atoms with Gasteiger partial charge in [-0.1, -0.05) is 0 Å². The number of hydrogen-bond acceptors (Lipinski definition) is 2. The Bertz CT molecular complexity index is 450. The summed E-state index contributed by atoms with van der Waals surface area (Å²) < 4.78 is 37.1. The van der Waals surface area contributed by atoms with Crippen LogP contribution in [0.25, 0.3) is 0 Å². The van der Waals surface area contributed by atoms with Crippen LogP contribution >= 0.6 is 11.6 Å². The van der Waals surface area contributed by atoms with Gasteiger partial charge in [0.1, 0.15) is 0 Å². The van der Waals surface area contributed by atoms with Crippen molar-refractivity contribution in [1.29, 1.82) is 0 Å². The van der Waals surface area contributed by atoms with Gasteiger partial charge >= 0.3 is 6.18 Å². The number of nitrogens with zero attached hydrogens (tertiary/aromatic N) is 2. The molecule has 0 spiro atoms. The lowest BCUT2D eigenvalue weighted by atomic mass is 10.2. The highest BCUT2D eigenvalue weighted by atomic mass is 35.5. The van der Waals surface area contributed by atoms with Crippen LogP contribution in [0.15, 0.2) is 29.4 Å². The molecular weight excluding hydrogens is 289 g/mol. The Kier molecular flexibility index (Phi) is 7.78. The Balaban J connectivity index is 0.00000172. The highest BCUT2D eigenvalue weighted by Crippen LogP contribution is 2.30. The molecule has 0 aliphatic heterocycles. The summed E-state index contributed by atoms with van der Waals surface area (Å²) in [6.45, 7) is 1.82. The van der Waals surface area contributed by atoms with E-state index in [4.69, 9.17) is 11.6 Å². The van der Waals surface area contributed by atoms with Gasteiger partial charge in [0.25, 0.3) is 0 Å². The molecule has 0 fully saturated rings. The minimum atomic E-state index is -4.31. The quantitative estimate of drug-likeness (QED) is 0.348. The first-order valence-electron chi connectivity index (χ1n) is 5.69. The standard InChI is InChI=1S/C12H14ClF3N2.C2H2/c1-9(7-8-13)17-18(2)11-5-3-10(4-6-11)12(14,15)16;1-2/h3-6H,7-8H2,1-2H3;1-2H/b17-9-;. The minimum absolute atomic E-state index is 0.468. The summed E-state index contributed by atoms with van der Waals surface area (Å²) in [5, 5.41) is 5.74. The molecule has 0 aliphatic carbocycles. The molecule has 0 aliphatic rings. The first-order chi connectivity index (χ1) is 9.34. The van der Waals surface area contributed by atoms with E-state index in [9.17, 15) is 13.2 Å². The smallest absolute Gasteiger partial charge is 0.269 e. The number of hydrogen-bond donors (Lipinski definition) is 0. The molecule has 0 aromatic heterocycles. The maximum atomic E-state index is 12.4. The largest absolute Gasteiger partial charge is 0.416 e. The molecule has 0 heterocycles. The first-order valence-corrected chi connectivity index (χ1v) is 6.22. The van der Waals surface area contributed by atoms with Crippen molar-refractivity contribution in [3.05, 3.63) is 29.8 Å². The fraction of sp³-hybridized carbons (Fsp3) is 0.357. The second-order valence-electron chi connectivity index (χ2n) is 3.84.